The van der Waals surface area contributed by atoms with Crippen molar-refractivity contribution in [2.24, 2.45) is 5.92 Å². The maximum Gasteiger partial charge on any atom is 0.410 e. The molecule has 0 bridgehead atoms. The van der Waals surface area contributed by atoms with Crippen LogP contribution in [0.5, 0.6) is 5.75 Å². The molecule has 0 spiro atoms. The highest BCUT2D eigenvalue weighted by atomic mass is 32.2. The summed E-state index contributed by atoms with van der Waals surface area (Å²) in [6, 6.07) is 12.1. The first-order valence-corrected chi connectivity index (χ1v) is 12.8. The number of ether oxygens (including phenoxy) is 2. The van der Waals surface area contributed by atoms with Crippen molar-refractivity contribution in [3.8, 4) is 5.75 Å². The van der Waals surface area contributed by atoms with E-state index < -0.39 is 21.4 Å². The molecule has 0 aromatic heterocycles. The summed E-state index contributed by atoms with van der Waals surface area (Å²) in [7, 11) is -2.28. The number of piperidine rings is 1. The van der Waals surface area contributed by atoms with Gasteiger partial charge in [-0.05, 0) is 81.5 Å². The maximum atomic E-state index is 13.5. The Bertz CT molecular complexity index is 1060. The van der Waals surface area contributed by atoms with E-state index in [0.29, 0.717) is 38.2 Å². The van der Waals surface area contributed by atoms with Crippen LogP contribution in [0, 0.1) is 11.7 Å². The summed E-state index contributed by atoms with van der Waals surface area (Å²) in [5.74, 6) is 0.272. The third-order valence-corrected chi connectivity index (χ3v) is 7.52. The molecule has 34 heavy (non-hydrogen) atoms. The van der Waals surface area contributed by atoms with Crippen molar-refractivity contribution in [2.75, 3.05) is 26.7 Å². The largest absolute Gasteiger partial charge is 0.497 e. The third-order valence-electron chi connectivity index (χ3n) is 5.70. The molecule has 0 unspecified atom stereocenters. The van der Waals surface area contributed by atoms with Gasteiger partial charge in [0.25, 0.3) is 0 Å². The number of benzene rings is 2. The first-order valence-electron chi connectivity index (χ1n) is 11.3. The molecule has 1 heterocycles. The number of amides is 1. The molecule has 1 aliphatic heterocycles. The number of nitrogens with zero attached hydrogens (tertiary/aromatic N) is 2. The molecule has 1 fully saturated rings. The number of hydrogen-bond acceptors (Lipinski definition) is 5. The van der Waals surface area contributed by atoms with E-state index in [2.05, 4.69) is 0 Å². The molecule has 1 aliphatic rings. The molecule has 0 saturated carbocycles. The average Bonchev–Trinajstić information content (AvgIpc) is 2.78. The lowest BCUT2D eigenvalue weighted by Crippen LogP contribution is -2.44. The van der Waals surface area contributed by atoms with Crippen LogP contribution < -0.4 is 4.74 Å². The molecule has 0 radical (unpaired) electrons. The van der Waals surface area contributed by atoms with E-state index in [1.165, 1.54) is 16.4 Å². The van der Waals surface area contributed by atoms with E-state index in [9.17, 15) is 17.6 Å². The van der Waals surface area contributed by atoms with Crippen LogP contribution in [0.25, 0.3) is 0 Å². The first kappa shape index (κ1) is 26.0. The molecule has 0 atom stereocenters. The maximum absolute atomic E-state index is 13.5. The van der Waals surface area contributed by atoms with Crippen molar-refractivity contribution in [3.63, 3.8) is 0 Å². The number of rotatable bonds is 7. The van der Waals surface area contributed by atoms with Gasteiger partial charge < -0.3 is 14.4 Å². The molecule has 0 aliphatic carbocycles. The first-order chi connectivity index (χ1) is 16.0. The number of carbonyl (C=O) groups excluding carboxylic acids is 1. The molecular formula is C25H33FN2O5S. The SMILES string of the molecule is COc1ccc(CN(CC2CCN(C(=O)OC(C)(C)C)CC2)S(=O)(=O)c2ccc(F)cc2)cc1. The fraction of sp³-hybridized carbons (Fsp3) is 0.480. The fourth-order valence-electron chi connectivity index (χ4n) is 3.85. The molecule has 7 nitrogen and oxygen atoms in total. The Kier molecular flexibility index (Phi) is 8.20. The lowest BCUT2D eigenvalue weighted by Gasteiger charge is -2.35. The molecular weight excluding hydrogens is 459 g/mol. The summed E-state index contributed by atoms with van der Waals surface area (Å²) < 4.78 is 52.4. The second-order valence-electron chi connectivity index (χ2n) is 9.51. The van der Waals surface area contributed by atoms with Crippen LogP contribution in [0.1, 0.15) is 39.2 Å². The monoisotopic (exact) mass is 492 g/mol. The van der Waals surface area contributed by atoms with E-state index in [1.54, 1.807) is 24.1 Å². The van der Waals surface area contributed by atoms with Crippen molar-refractivity contribution in [1.29, 1.82) is 0 Å². The predicted octanol–water partition coefficient (Wildman–Crippen LogP) is 4.67. The Morgan fingerprint density at radius 3 is 2.18 bits per heavy atom. The van der Waals surface area contributed by atoms with Crippen molar-refractivity contribution >= 4 is 16.1 Å². The Morgan fingerprint density at radius 2 is 1.65 bits per heavy atom. The van der Waals surface area contributed by atoms with Gasteiger partial charge in [-0.2, -0.15) is 4.31 Å². The summed E-state index contributed by atoms with van der Waals surface area (Å²) >= 11 is 0. The minimum Gasteiger partial charge on any atom is -0.497 e. The molecule has 3 rings (SSSR count). The molecule has 1 amide bonds. The fourth-order valence-corrected chi connectivity index (χ4v) is 5.35. The number of halogens is 1. The van der Waals surface area contributed by atoms with E-state index in [1.807, 2.05) is 32.9 Å². The number of methoxy groups -OCH3 is 1. The summed E-state index contributed by atoms with van der Waals surface area (Å²) in [5, 5.41) is 0. The Hall–Kier alpha value is -2.65. The van der Waals surface area contributed by atoms with Gasteiger partial charge in [0.1, 0.15) is 17.2 Å². The van der Waals surface area contributed by atoms with Gasteiger partial charge >= 0.3 is 6.09 Å². The highest BCUT2D eigenvalue weighted by Crippen LogP contribution is 2.26. The number of hydrogen-bond donors (Lipinski definition) is 0. The van der Waals surface area contributed by atoms with Crippen molar-refractivity contribution < 1.29 is 27.1 Å². The van der Waals surface area contributed by atoms with Gasteiger partial charge in [0, 0.05) is 26.2 Å². The van der Waals surface area contributed by atoms with Gasteiger partial charge in [0.05, 0.1) is 12.0 Å². The Morgan fingerprint density at radius 1 is 1.06 bits per heavy atom. The molecule has 2 aromatic carbocycles. The van der Waals surface area contributed by atoms with Crippen LogP contribution in [-0.4, -0.2) is 56.1 Å². The average molecular weight is 493 g/mol. The van der Waals surface area contributed by atoms with Gasteiger partial charge in [0.2, 0.25) is 10.0 Å². The summed E-state index contributed by atoms with van der Waals surface area (Å²) in [5.41, 5.74) is 0.254. The molecule has 2 aromatic rings. The Balaban J connectivity index is 1.75. The third kappa shape index (κ3) is 6.93. The van der Waals surface area contributed by atoms with Gasteiger partial charge in [-0.3, -0.25) is 0 Å². The van der Waals surface area contributed by atoms with E-state index in [4.69, 9.17) is 9.47 Å². The van der Waals surface area contributed by atoms with Crippen LogP contribution in [0.15, 0.2) is 53.4 Å². The van der Waals surface area contributed by atoms with Crippen LogP contribution in [0.4, 0.5) is 9.18 Å². The lowest BCUT2D eigenvalue weighted by molar-refractivity contribution is 0.0177. The van der Waals surface area contributed by atoms with Gasteiger partial charge in [-0.25, -0.2) is 17.6 Å². The zero-order valence-corrected chi connectivity index (χ0v) is 21.0. The minimum absolute atomic E-state index is 0.0496. The van der Waals surface area contributed by atoms with Crippen LogP contribution in [-0.2, 0) is 21.3 Å². The zero-order valence-electron chi connectivity index (χ0n) is 20.2. The molecule has 186 valence electrons. The molecule has 9 heteroatoms. The van der Waals surface area contributed by atoms with Crippen molar-refractivity contribution in [2.45, 2.75) is 50.7 Å². The highest BCUT2D eigenvalue weighted by molar-refractivity contribution is 7.89. The normalized spacial score (nSPS) is 15.4. The predicted molar refractivity (Wildman–Crippen MR) is 128 cm³/mol. The standard InChI is InChI=1S/C25H33FN2O5S/c1-25(2,3)33-24(29)27-15-13-20(14-16-27)18-28(17-19-5-9-22(32-4)10-6-19)34(30,31)23-11-7-21(26)8-12-23/h5-12,20H,13-18H2,1-4H3. The number of likely N-dealkylation sites (tertiary alicyclic amines) is 1. The van der Waals surface area contributed by atoms with Crippen LogP contribution >= 0.6 is 0 Å². The van der Waals surface area contributed by atoms with Gasteiger partial charge in [-0.1, -0.05) is 12.1 Å². The van der Waals surface area contributed by atoms with E-state index in [0.717, 1.165) is 17.7 Å². The highest BCUT2D eigenvalue weighted by Gasteiger charge is 2.31. The Labute approximate surface area is 201 Å². The summed E-state index contributed by atoms with van der Waals surface area (Å²) in [6.07, 6.45) is 0.981. The lowest BCUT2D eigenvalue weighted by atomic mass is 9.97. The summed E-state index contributed by atoms with van der Waals surface area (Å²) in [6.45, 7) is 6.97. The quantitative estimate of drug-likeness (QED) is 0.561. The minimum atomic E-state index is -3.85. The number of carbonyl (C=O) groups is 1. The zero-order chi connectivity index (χ0) is 24.9. The molecule has 1 saturated heterocycles. The van der Waals surface area contributed by atoms with E-state index >= 15 is 0 Å². The topological polar surface area (TPSA) is 76.2 Å². The second-order valence-corrected chi connectivity index (χ2v) is 11.4. The van der Waals surface area contributed by atoms with Crippen LogP contribution in [0.2, 0.25) is 0 Å². The summed E-state index contributed by atoms with van der Waals surface area (Å²) in [4.78, 5) is 14.1. The van der Waals surface area contributed by atoms with Gasteiger partial charge in [-0.15, -0.1) is 0 Å². The number of sulfonamides is 1. The van der Waals surface area contributed by atoms with Crippen molar-refractivity contribution in [3.05, 3.63) is 59.9 Å². The smallest absolute Gasteiger partial charge is 0.410 e. The molecule has 0 N–H and O–H groups in total. The van der Waals surface area contributed by atoms with E-state index in [-0.39, 0.29) is 23.5 Å². The van der Waals surface area contributed by atoms with Crippen molar-refractivity contribution in [1.82, 2.24) is 9.21 Å². The second kappa shape index (κ2) is 10.7. The van der Waals surface area contributed by atoms with Crippen LogP contribution in [0.3, 0.4) is 0 Å². The van der Waals surface area contributed by atoms with Gasteiger partial charge in [0.15, 0.2) is 0 Å².